The van der Waals surface area contributed by atoms with Crippen molar-refractivity contribution in [2.24, 2.45) is 0 Å². The van der Waals surface area contributed by atoms with Crippen molar-refractivity contribution in [2.45, 2.75) is 6.61 Å². The van der Waals surface area contributed by atoms with E-state index in [0.29, 0.717) is 13.1 Å². The average molecular weight is 216 g/mol. The van der Waals surface area contributed by atoms with Gasteiger partial charge >= 0.3 is 0 Å². The maximum absolute atomic E-state index is 9.81. The van der Waals surface area contributed by atoms with Crippen LogP contribution < -0.4 is 0 Å². The number of halogens is 1. The number of hydrogen-bond donors (Lipinski definition) is 0. The molecule has 0 radical (unpaired) electrons. The number of aromatic nitrogens is 1. The van der Waals surface area contributed by atoms with Crippen molar-refractivity contribution in [1.82, 2.24) is 4.98 Å². The van der Waals surface area contributed by atoms with E-state index >= 15 is 0 Å². The molecule has 1 aromatic heterocycles. The summed E-state index contributed by atoms with van der Waals surface area (Å²) in [6.45, 7) is 0.721. The molecule has 0 aliphatic rings. The molecule has 1 aromatic rings. The second kappa shape index (κ2) is 4.08. The van der Waals surface area contributed by atoms with E-state index in [0.717, 1.165) is 10.2 Å². The molecule has 0 aliphatic carbocycles. The molecule has 4 heteroatoms. The molecule has 0 amide bonds. The molecule has 0 spiro atoms. The molecule has 0 aromatic carbocycles. The topological polar surface area (TPSA) is 39.2 Å². The molecule has 0 aliphatic heterocycles. The quantitative estimate of drug-likeness (QED) is 0.567. The number of hydrogen-bond acceptors (Lipinski definition) is 3. The van der Waals surface area contributed by atoms with Crippen molar-refractivity contribution < 1.29 is 9.53 Å². The van der Waals surface area contributed by atoms with Gasteiger partial charge in [-0.2, -0.15) is 0 Å². The zero-order chi connectivity index (χ0) is 8.10. The van der Waals surface area contributed by atoms with E-state index < -0.39 is 0 Å². The lowest BCUT2D eigenvalue weighted by Gasteiger charge is -1.97. The summed E-state index contributed by atoms with van der Waals surface area (Å²) in [7, 11) is 0. The van der Waals surface area contributed by atoms with E-state index in [1.165, 1.54) is 0 Å². The Morgan fingerprint density at radius 1 is 1.73 bits per heavy atom. The highest BCUT2D eigenvalue weighted by Crippen LogP contribution is 2.08. The lowest BCUT2D eigenvalue weighted by Crippen LogP contribution is -1.90. The third-order valence-corrected chi connectivity index (χ3v) is 1.54. The normalized spacial score (nSPS) is 9.18. The minimum Gasteiger partial charge on any atom is -0.463 e. The summed E-state index contributed by atoms with van der Waals surface area (Å²) in [5, 5.41) is 0. The first-order valence-electron chi connectivity index (χ1n) is 2.98. The third kappa shape index (κ3) is 2.67. The number of carbonyl (C=O) groups excluding carboxylic acids is 1. The summed E-state index contributed by atoms with van der Waals surface area (Å²) in [4.78, 5) is 13.7. The number of nitrogens with zero attached hydrogens (tertiary/aromatic N) is 1. The molecule has 0 saturated heterocycles. The fourth-order valence-electron chi connectivity index (χ4n) is 0.663. The number of ether oxygens (including phenoxy) is 1. The van der Waals surface area contributed by atoms with Crippen LogP contribution in [0.25, 0.3) is 0 Å². The monoisotopic (exact) mass is 215 g/mol. The number of carbonyl (C=O) groups is 1. The molecule has 0 N–H and O–H groups in total. The van der Waals surface area contributed by atoms with E-state index in [-0.39, 0.29) is 0 Å². The molecule has 58 valence electrons. The van der Waals surface area contributed by atoms with Crippen LogP contribution >= 0.6 is 15.9 Å². The van der Waals surface area contributed by atoms with E-state index in [1.54, 1.807) is 18.3 Å². The molecule has 3 nitrogen and oxygen atoms in total. The van der Waals surface area contributed by atoms with Crippen LogP contribution in [0.3, 0.4) is 0 Å². The second-order valence-electron chi connectivity index (χ2n) is 1.89. The van der Waals surface area contributed by atoms with Gasteiger partial charge in [0.25, 0.3) is 6.47 Å². The Bertz CT molecular complexity index is 252. The second-order valence-corrected chi connectivity index (χ2v) is 2.71. The standard InChI is InChI=1S/C7H6BrNO2/c8-7-3-6(1-2-9-7)4-11-5-10/h1-3,5H,4H2. The van der Waals surface area contributed by atoms with Gasteiger partial charge in [-0.15, -0.1) is 0 Å². The van der Waals surface area contributed by atoms with Gasteiger partial charge in [0.15, 0.2) is 0 Å². The predicted molar refractivity (Wildman–Crippen MR) is 42.8 cm³/mol. The fraction of sp³-hybridized carbons (Fsp3) is 0.143. The highest BCUT2D eigenvalue weighted by Gasteiger charge is 1.93. The van der Waals surface area contributed by atoms with Crippen LogP contribution in [0, 0.1) is 0 Å². The van der Waals surface area contributed by atoms with Gasteiger partial charge in [-0.25, -0.2) is 4.98 Å². The molecule has 0 atom stereocenters. The van der Waals surface area contributed by atoms with Gasteiger partial charge < -0.3 is 4.74 Å². The fourth-order valence-corrected chi connectivity index (χ4v) is 1.07. The Morgan fingerprint density at radius 3 is 3.18 bits per heavy atom. The molecular formula is C7H6BrNO2. The largest absolute Gasteiger partial charge is 0.463 e. The Labute approximate surface area is 72.5 Å². The van der Waals surface area contributed by atoms with E-state index in [4.69, 9.17) is 0 Å². The Hall–Kier alpha value is -0.900. The van der Waals surface area contributed by atoms with Crippen LogP contribution in [0.5, 0.6) is 0 Å². The van der Waals surface area contributed by atoms with Crippen LogP contribution in [0.15, 0.2) is 22.9 Å². The maximum atomic E-state index is 9.81. The maximum Gasteiger partial charge on any atom is 0.293 e. The Kier molecular flexibility index (Phi) is 3.04. The smallest absolute Gasteiger partial charge is 0.293 e. The van der Waals surface area contributed by atoms with E-state index in [1.807, 2.05) is 0 Å². The number of rotatable bonds is 3. The summed E-state index contributed by atoms with van der Waals surface area (Å²) < 4.78 is 5.29. The van der Waals surface area contributed by atoms with Crippen LogP contribution in [0.1, 0.15) is 5.56 Å². The Morgan fingerprint density at radius 2 is 2.55 bits per heavy atom. The molecular weight excluding hydrogens is 210 g/mol. The minimum atomic E-state index is 0.296. The van der Waals surface area contributed by atoms with E-state index in [9.17, 15) is 4.79 Å². The van der Waals surface area contributed by atoms with Gasteiger partial charge in [-0.05, 0) is 33.6 Å². The summed E-state index contributed by atoms with van der Waals surface area (Å²) >= 11 is 3.20. The predicted octanol–water partition coefficient (Wildman–Crippen LogP) is 1.52. The SMILES string of the molecule is O=COCc1ccnc(Br)c1. The summed E-state index contributed by atoms with van der Waals surface area (Å²) in [6.07, 6.45) is 1.65. The van der Waals surface area contributed by atoms with Crippen molar-refractivity contribution in [2.75, 3.05) is 0 Å². The highest BCUT2D eigenvalue weighted by molar-refractivity contribution is 9.10. The first-order valence-corrected chi connectivity index (χ1v) is 3.78. The first-order chi connectivity index (χ1) is 5.33. The first kappa shape index (κ1) is 8.20. The molecule has 1 rings (SSSR count). The zero-order valence-corrected chi connectivity index (χ0v) is 7.24. The van der Waals surface area contributed by atoms with Gasteiger partial charge in [0.05, 0.1) is 0 Å². The minimum absolute atomic E-state index is 0.296. The lowest BCUT2D eigenvalue weighted by atomic mass is 10.3. The Balaban J connectivity index is 2.63. The molecule has 0 saturated carbocycles. The molecule has 11 heavy (non-hydrogen) atoms. The van der Waals surface area contributed by atoms with Gasteiger partial charge in [0, 0.05) is 6.20 Å². The molecule has 0 fully saturated rings. The van der Waals surface area contributed by atoms with Gasteiger partial charge in [0.1, 0.15) is 11.2 Å². The lowest BCUT2D eigenvalue weighted by molar-refractivity contribution is -0.129. The van der Waals surface area contributed by atoms with Crippen LogP contribution in [0.4, 0.5) is 0 Å². The molecule has 0 unspecified atom stereocenters. The van der Waals surface area contributed by atoms with Gasteiger partial charge in [0.2, 0.25) is 0 Å². The van der Waals surface area contributed by atoms with Crippen molar-refractivity contribution in [1.29, 1.82) is 0 Å². The summed E-state index contributed by atoms with van der Waals surface area (Å²) in [5.74, 6) is 0. The van der Waals surface area contributed by atoms with Gasteiger partial charge in [-0.3, -0.25) is 4.79 Å². The van der Waals surface area contributed by atoms with Crippen molar-refractivity contribution in [3.8, 4) is 0 Å². The van der Waals surface area contributed by atoms with E-state index in [2.05, 4.69) is 25.7 Å². The zero-order valence-electron chi connectivity index (χ0n) is 5.66. The molecule has 1 heterocycles. The van der Waals surface area contributed by atoms with Crippen molar-refractivity contribution in [3.63, 3.8) is 0 Å². The third-order valence-electron chi connectivity index (χ3n) is 1.11. The summed E-state index contributed by atoms with van der Waals surface area (Å²) in [6, 6.07) is 3.58. The van der Waals surface area contributed by atoms with Crippen molar-refractivity contribution in [3.05, 3.63) is 28.5 Å². The highest BCUT2D eigenvalue weighted by atomic mass is 79.9. The number of pyridine rings is 1. The van der Waals surface area contributed by atoms with Crippen LogP contribution in [-0.2, 0) is 16.1 Å². The van der Waals surface area contributed by atoms with Gasteiger partial charge in [-0.1, -0.05) is 0 Å². The van der Waals surface area contributed by atoms with Crippen LogP contribution in [-0.4, -0.2) is 11.5 Å². The summed E-state index contributed by atoms with van der Waals surface area (Å²) in [5.41, 5.74) is 0.916. The average Bonchev–Trinajstić information content (AvgIpc) is 2.01. The van der Waals surface area contributed by atoms with Crippen LogP contribution in [0.2, 0.25) is 0 Å². The van der Waals surface area contributed by atoms with Crippen molar-refractivity contribution >= 4 is 22.4 Å². The molecule has 0 bridgehead atoms.